The number of hydrogen-bond acceptors (Lipinski definition) is 5. The summed E-state index contributed by atoms with van der Waals surface area (Å²) in [6, 6.07) is 13.5. The molecular formula is C21H23BrN4O2S. The lowest BCUT2D eigenvalue weighted by Crippen LogP contribution is -2.23. The minimum absolute atomic E-state index is 0.0868. The van der Waals surface area contributed by atoms with Crippen LogP contribution in [-0.4, -0.2) is 33.0 Å². The highest BCUT2D eigenvalue weighted by Crippen LogP contribution is 2.29. The summed E-state index contributed by atoms with van der Waals surface area (Å²) < 4.78 is 8.09. The predicted octanol–water partition coefficient (Wildman–Crippen LogP) is 5.16. The molecule has 29 heavy (non-hydrogen) atoms. The molecule has 1 heterocycles. The molecule has 0 aliphatic carbocycles. The fourth-order valence-corrected chi connectivity index (χ4v) is 4.29. The molecule has 8 heteroatoms. The first-order valence-corrected chi connectivity index (χ1v) is 10.9. The van der Waals surface area contributed by atoms with Crippen molar-refractivity contribution in [1.29, 1.82) is 0 Å². The van der Waals surface area contributed by atoms with Gasteiger partial charge in [0.25, 0.3) is 0 Å². The van der Waals surface area contributed by atoms with E-state index in [1.165, 1.54) is 11.8 Å². The Morgan fingerprint density at radius 2 is 1.97 bits per heavy atom. The molecule has 1 unspecified atom stereocenters. The molecule has 3 aromatic rings. The molecule has 1 amide bonds. The third-order valence-corrected chi connectivity index (χ3v) is 6.15. The van der Waals surface area contributed by atoms with Gasteiger partial charge >= 0.3 is 0 Å². The third kappa shape index (κ3) is 5.00. The number of thioether (sulfide) groups is 1. The fraction of sp³-hybridized carbons (Fsp3) is 0.286. The molecule has 2 aromatic carbocycles. The van der Waals surface area contributed by atoms with E-state index in [1.807, 2.05) is 67.8 Å². The standard InChI is InChI=1S/C21H23BrN4O2S/c1-5-26-19(15-7-9-16(28-4)10-8-15)24-25-21(26)29-14(3)20(27)23-18-11-6-13(2)12-17(18)22/h6-12,14H,5H2,1-4H3,(H,23,27). The van der Waals surface area contributed by atoms with Crippen molar-refractivity contribution in [1.82, 2.24) is 14.8 Å². The molecule has 0 bridgehead atoms. The molecule has 0 aliphatic heterocycles. The minimum Gasteiger partial charge on any atom is -0.497 e. The number of amides is 1. The normalized spacial score (nSPS) is 11.9. The van der Waals surface area contributed by atoms with Crippen molar-refractivity contribution in [2.24, 2.45) is 0 Å². The Morgan fingerprint density at radius 3 is 2.59 bits per heavy atom. The second-order valence-corrected chi connectivity index (χ2v) is 8.67. The SMILES string of the molecule is CCn1c(SC(C)C(=O)Nc2ccc(C)cc2Br)nnc1-c1ccc(OC)cc1. The molecule has 0 saturated heterocycles. The maximum absolute atomic E-state index is 12.7. The van der Waals surface area contributed by atoms with Crippen LogP contribution in [0.25, 0.3) is 11.4 Å². The Balaban J connectivity index is 1.75. The number of methoxy groups -OCH3 is 1. The molecule has 0 aliphatic rings. The number of aromatic nitrogens is 3. The molecule has 3 rings (SSSR count). The lowest BCUT2D eigenvalue weighted by molar-refractivity contribution is -0.115. The summed E-state index contributed by atoms with van der Waals surface area (Å²) in [4.78, 5) is 12.7. The minimum atomic E-state index is -0.332. The fourth-order valence-electron chi connectivity index (χ4n) is 2.78. The van der Waals surface area contributed by atoms with Crippen molar-refractivity contribution in [2.45, 2.75) is 37.7 Å². The molecule has 1 aromatic heterocycles. The number of halogens is 1. The first kappa shape index (κ1) is 21.4. The van der Waals surface area contributed by atoms with Crippen LogP contribution >= 0.6 is 27.7 Å². The van der Waals surface area contributed by atoms with Gasteiger partial charge in [0.05, 0.1) is 18.0 Å². The van der Waals surface area contributed by atoms with Gasteiger partial charge in [-0.2, -0.15) is 0 Å². The Labute approximate surface area is 183 Å². The molecule has 0 saturated carbocycles. The number of carbonyl (C=O) groups excluding carboxylic acids is 1. The van der Waals surface area contributed by atoms with E-state index in [9.17, 15) is 4.79 Å². The van der Waals surface area contributed by atoms with Crippen LogP contribution in [0.2, 0.25) is 0 Å². The highest BCUT2D eigenvalue weighted by Gasteiger charge is 2.21. The van der Waals surface area contributed by atoms with Gasteiger partial charge in [0.1, 0.15) is 5.75 Å². The van der Waals surface area contributed by atoms with E-state index in [1.54, 1.807) is 7.11 Å². The number of benzene rings is 2. The Kier molecular flexibility index (Phi) is 6.97. The number of nitrogens with one attached hydrogen (secondary N) is 1. The smallest absolute Gasteiger partial charge is 0.237 e. The molecule has 0 radical (unpaired) electrons. The topological polar surface area (TPSA) is 69.0 Å². The molecule has 1 atom stereocenters. The van der Waals surface area contributed by atoms with Gasteiger partial charge < -0.3 is 14.6 Å². The van der Waals surface area contributed by atoms with Crippen LogP contribution in [0.1, 0.15) is 19.4 Å². The van der Waals surface area contributed by atoms with Gasteiger partial charge in [-0.1, -0.05) is 17.8 Å². The Hall–Kier alpha value is -2.32. The summed E-state index contributed by atoms with van der Waals surface area (Å²) in [6.45, 7) is 6.61. The lowest BCUT2D eigenvalue weighted by atomic mass is 10.2. The largest absolute Gasteiger partial charge is 0.497 e. The van der Waals surface area contributed by atoms with Gasteiger partial charge in [-0.15, -0.1) is 10.2 Å². The zero-order valence-electron chi connectivity index (χ0n) is 16.8. The van der Waals surface area contributed by atoms with Gasteiger partial charge in [-0.3, -0.25) is 4.79 Å². The van der Waals surface area contributed by atoms with E-state index >= 15 is 0 Å². The number of anilines is 1. The number of rotatable bonds is 7. The second-order valence-electron chi connectivity index (χ2n) is 6.51. The summed E-state index contributed by atoms with van der Waals surface area (Å²) in [5, 5.41) is 12.0. The van der Waals surface area contributed by atoms with E-state index in [0.717, 1.165) is 32.9 Å². The molecular weight excluding hydrogens is 452 g/mol. The lowest BCUT2D eigenvalue weighted by Gasteiger charge is -2.14. The molecule has 0 fully saturated rings. The van der Waals surface area contributed by atoms with Crippen molar-refractivity contribution < 1.29 is 9.53 Å². The van der Waals surface area contributed by atoms with Gasteiger partial charge in [0.15, 0.2) is 11.0 Å². The van der Waals surface area contributed by atoms with E-state index in [-0.39, 0.29) is 11.2 Å². The summed E-state index contributed by atoms with van der Waals surface area (Å²) in [5.74, 6) is 1.47. The van der Waals surface area contributed by atoms with Crippen LogP contribution in [0.5, 0.6) is 5.75 Å². The quantitative estimate of drug-likeness (QED) is 0.478. The maximum atomic E-state index is 12.7. The van der Waals surface area contributed by atoms with Gasteiger partial charge in [0, 0.05) is 16.6 Å². The molecule has 1 N–H and O–H groups in total. The third-order valence-electron chi connectivity index (χ3n) is 4.42. The Morgan fingerprint density at radius 1 is 1.24 bits per heavy atom. The van der Waals surface area contributed by atoms with E-state index in [2.05, 4.69) is 31.4 Å². The van der Waals surface area contributed by atoms with Crippen molar-refractivity contribution in [3.8, 4) is 17.1 Å². The number of aryl methyl sites for hydroxylation is 1. The van der Waals surface area contributed by atoms with Crippen LogP contribution in [-0.2, 0) is 11.3 Å². The molecule has 6 nitrogen and oxygen atoms in total. The van der Waals surface area contributed by atoms with Gasteiger partial charge in [0.2, 0.25) is 5.91 Å². The Bertz CT molecular complexity index is 1000. The summed E-state index contributed by atoms with van der Waals surface area (Å²) >= 11 is 4.89. The average molecular weight is 475 g/mol. The molecule has 152 valence electrons. The van der Waals surface area contributed by atoms with Crippen molar-refractivity contribution in [3.05, 3.63) is 52.5 Å². The number of hydrogen-bond donors (Lipinski definition) is 1. The number of ether oxygens (including phenoxy) is 1. The monoisotopic (exact) mass is 474 g/mol. The van der Waals surface area contributed by atoms with E-state index < -0.39 is 0 Å². The van der Waals surface area contributed by atoms with Gasteiger partial charge in [-0.05, 0) is 78.7 Å². The highest BCUT2D eigenvalue weighted by molar-refractivity contribution is 9.10. The average Bonchev–Trinajstić information content (AvgIpc) is 3.12. The maximum Gasteiger partial charge on any atom is 0.237 e. The van der Waals surface area contributed by atoms with E-state index in [0.29, 0.717) is 11.7 Å². The van der Waals surface area contributed by atoms with Crippen molar-refractivity contribution in [2.75, 3.05) is 12.4 Å². The zero-order chi connectivity index (χ0) is 21.0. The first-order chi connectivity index (χ1) is 13.9. The summed E-state index contributed by atoms with van der Waals surface area (Å²) in [5.41, 5.74) is 2.83. The number of carbonyl (C=O) groups is 1. The van der Waals surface area contributed by atoms with Gasteiger partial charge in [-0.25, -0.2) is 0 Å². The zero-order valence-corrected chi connectivity index (χ0v) is 19.2. The van der Waals surface area contributed by atoms with Crippen LogP contribution in [0.15, 0.2) is 52.1 Å². The predicted molar refractivity (Wildman–Crippen MR) is 121 cm³/mol. The first-order valence-electron chi connectivity index (χ1n) is 9.24. The second kappa shape index (κ2) is 9.45. The van der Waals surface area contributed by atoms with Crippen LogP contribution in [0.3, 0.4) is 0 Å². The van der Waals surface area contributed by atoms with Crippen molar-refractivity contribution >= 4 is 39.3 Å². The van der Waals surface area contributed by atoms with Crippen molar-refractivity contribution in [3.63, 3.8) is 0 Å². The van der Waals surface area contributed by atoms with Crippen LogP contribution in [0.4, 0.5) is 5.69 Å². The number of nitrogens with zero attached hydrogens (tertiary/aromatic N) is 3. The summed E-state index contributed by atoms with van der Waals surface area (Å²) in [6.07, 6.45) is 0. The molecule has 0 spiro atoms. The highest BCUT2D eigenvalue weighted by atomic mass is 79.9. The van der Waals surface area contributed by atoms with Crippen LogP contribution < -0.4 is 10.1 Å². The van der Waals surface area contributed by atoms with E-state index in [4.69, 9.17) is 4.74 Å². The van der Waals surface area contributed by atoms with Crippen LogP contribution in [0, 0.1) is 6.92 Å². The summed E-state index contributed by atoms with van der Waals surface area (Å²) in [7, 11) is 1.64.